The average molecular weight is 417 g/mol. The van der Waals surface area contributed by atoms with Crippen LogP contribution in [0, 0.1) is 6.92 Å². The van der Waals surface area contributed by atoms with Crippen LogP contribution in [-0.4, -0.2) is 16.3 Å². The first-order valence-electron chi connectivity index (χ1n) is 9.58. The molecule has 1 aliphatic rings. The monoisotopic (exact) mass is 417 g/mol. The molecule has 0 bridgehead atoms. The molecule has 1 aromatic carbocycles. The van der Waals surface area contributed by atoms with Gasteiger partial charge in [-0.05, 0) is 60.8 Å². The van der Waals surface area contributed by atoms with E-state index in [0.29, 0.717) is 29.2 Å². The Bertz CT molecular complexity index is 1230. The molecule has 3 aromatic heterocycles. The second kappa shape index (κ2) is 7.35. The zero-order chi connectivity index (χ0) is 20.7. The molecule has 0 aliphatic carbocycles. The summed E-state index contributed by atoms with van der Waals surface area (Å²) in [6.07, 6.45) is 3.59. The maximum atomic E-state index is 13.3. The van der Waals surface area contributed by atoms with E-state index in [0.717, 1.165) is 16.1 Å². The molecule has 0 fully saturated rings. The van der Waals surface area contributed by atoms with Gasteiger partial charge >= 0.3 is 0 Å². The molecular formula is C23H19N3O3S. The minimum Gasteiger partial charge on any atom is -0.449 e. The molecule has 6 nitrogen and oxygen atoms in total. The highest BCUT2D eigenvalue weighted by Crippen LogP contribution is 2.32. The van der Waals surface area contributed by atoms with E-state index in [-0.39, 0.29) is 11.7 Å². The van der Waals surface area contributed by atoms with Crippen LogP contribution in [0.3, 0.4) is 0 Å². The summed E-state index contributed by atoms with van der Waals surface area (Å²) >= 11 is 1.54. The highest BCUT2D eigenvalue weighted by molar-refractivity contribution is 7.10. The number of rotatable bonds is 4. The van der Waals surface area contributed by atoms with Gasteiger partial charge in [0.05, 0.1) is 18.4 Å². The summed E-state index contributed by atoms with van der Waals surface area (Å²) in [6, 6.07) is 14.0. The fourth-order valence-electron chi connectivity index (χ4n) is 3.71. The van der Waals surface area contributed by atoms with Gasteiger partial charge in [0.15, 0.2) is 11.7 Å². The van der Waals surface area contributed by atoms with Crippen molar-refractivity contribution < 1.29 is 14.0 Å². The van der Waals surface area contributed by atoms with E-state index in [1.165, 1.54) is 11.3 Å². The predicted molar refractivity (Wildman–Crippen MR) is 116 cm³/mol. The summed E-state index contributed by atoms with van der Waals surface area (Å²) in [5.41, 5.74) is 3.76. The third-order valence-electron chi connectivity index (χ3n) is 5.32. The average Bonchev–Trinajstić information content (AvgIpc) is 3.47. The van der Waals surface area contributed by atoms with Crippen molar-refractivity contribution in [3.63, 3.8) is 0 Å². The fourth-order valence-corrected chi connectivity index (χ4v) is 4.41. The number of benzene rings is 1. The molecule has 30 heavy (non-hydrogen) atoms. The van der Waals surface area contributed by atoms with Crippen LogP contribution >= 0.6 is 11.3 Å². The van der Waals surface area contributed by atoms with Crippen LogP contribution < -0.4 is 10.6 Å². The number of anilines is 2. The Labute approximate surface area is 177 Å². The first-order valence-corrected chi connectivity index (χ1v) is 10.5. The molecule has 5 rings (SSSR count). The van der Waals surface area contributed by atoms with Crippen LogP contribution in [0.4, 0.5) is 11.6 Å². The van der Waals surface area contributed by atoms with Crippen molar-refractivity contribution in [2.45, 2.75) is 19.5 Å². The number of hydrogen-bond donors (Lipinski definition) is 2. The van der Waals surface area contributed by atoms with Crippen LogP contribution in [0.15, 0.2) is 70.8 Å². The maximum Gasteiger partial charge on any atom is 0.256 e. The summed E-state index contributed by atoms with van der Waals surface area (Å²) in [5, 5.41) is 8.02. The molecule has 7 heteroatoms. The highest BCUT2D eigenvalue weighted by Gasteiger charge is 2.29. The Morgan fingerprint density at radius 2 is 2.00 bits per heavy atom. The van der Waals surface area contributed by atoms with Gasteiger partial charge in [0.25, 0.3) is 5.91 Å². The third-order valence-corrected chi connectivity index (χ3v) is 6.16. The number of Topliss-reactive ketones (excluding diaryl/α,β-unsaturated/α-hetero) is 1. The summed E-state index contributed by atoms with van der Waals surface area (Å²) in [6.45, 7) is 2.57. The van der Waals surface area contributed by atoms with Gasteiger partial charge in [-0.1, -0.05) is 0 Å². The molecule has 4 aromatic rings. The number of nitrogens with one attached hydrogen (secondary N) is 2. The number of furan rings is 1. The number of aryl methyl sites for hydroxylation is 1. The van der Waals surface area contributed by atoms with Gasteiger partial charge in [0.1, 0.15) is 6.04 Å². The van der Waals surface area contributed by atoms with E-state index in [4.69, 9.17) is 4.42 Å². The lowest BCUT2D eigenvalue weighted by Gasteiger charge is -2.17. The second-order valence-corrected chi connectivity index (χ2v) is 8.32. The quantitative estimate of drug-likeness (QED) is 0.453. The van der Waals surface area contributed by atoms with Crippen LogP contribution in [-0.2, 0) is 6.54 Å². The van der Waals surface area contributed by atoms with Crippen molar-refractivity contribution in [3.8, 4) is 0 Å². The molecule has 1 atom stereocenters. The number of hydrogen-bond acceptors (Lipinski definition) is 5. The highest BCUT2D eigenvalue weighted by atomic mass is 32.1. The second-order valence-electron chi connectivity index (χ2n) is 7.20. The van der Waals surface area contributed by atoms with Gasteiger partial charge in [-0.15, -0.1) is 11.3 Å². The normalized spacial score (nSPS) is 14.9. The largest absolute Gasteiger partial charge is 0.449 e. The van der Waals surface area contributed by atoms with Gasteiger partial charge in [0.2, 0.25) is 0 Å². The lowest BCUT2D eigenvalue weighted by atomic mass is 10.0. The van der Waals surface area contributed by atoms with Crippen molar-refractivity contribution in [3.05, 3.63) is 93.6 Å². The Morgan fingerprint density at radius 3 is 2.77 bits per heavy atom. The molecule has 150 valence electrons. The van der Waals surface area contributed by atoms with Gasteiger partial charge in [-0.25, -0.2) is 0 Å². The van der Waals surface area contributed by atoms with Gasteiger partial charge in [-0.2, -0.15) is 0 Å². The van der Waals surface area contributed by atoms with Crippen molar-refractivity contribution in [2.24, 2.45) is 0 Å². The number of fused-ring (bicyclic) bond motifs is 2. The SMILES string of the molecule is Cc1sccc1C(=O)Nc1ccc(C(=O)C2Nc3occc3Cn3cccc32)cc1. The van der Waals surface area contributed by atoms with Gasteiger partial charge in [0, 0.05) is 33.6 Å². The van der Waals surface area contributed by atoms with Gasteiger partial charge < -0.3 is 19.6 Å². The smallest absolute Gasteiger partial charge is 0.256 e. The zero-order valence-electron chi connectivity index (χ0n) is 16.2. The van der Waals surface area contributed by atoms with Crippen molar-refractivity contribution in [2.75, 3.05) is 10.6 Å². The summed E-state index contributed by atoms with van der Waals surface area (Å²) in [7, 11) is 0. The molecule has 1 amide bonds. The van der Waals surface area contributed by atoms with E-state index in [1.54, 1.807) is 30.5 Å². The summed E-state index contributed by atoms with van der Waals surface area (Å²) in [5.74, 6) is 0.402. The van der Waals surface area contributed by atoms with Crippen molar-refractivity contribution in [1.82, 2.24) is 4.57 Å². The van der Waals surface area contributed by atoms with E-state index in [1.807, 2.05) is 42.8 Å². The molecule has 0 radical (unpaired) electrons. The molecule has 1 unspecified atom stereocenters. The van der Waals surface area contributed by atoms with E-state index in [9.17, 15) is 9.59 Å². The Hall–Kier alpha value is -3.58. The minimum absolute atomic E-state index is 0.0641. The van der Waals surface area contributed by atoms with Gasteiger partial charge in [-0.3, -0.25) is 9.59 Å². The number of aromatic nitrogens is 1. The van der Waals surface area contributed by atoms with E-state index >= 15 is 0 Å². The lowest BCUT2D eigenvalue weighted by molar-refractivity contribution is 0.0965. The molecular weight excluding hydrogens is 398 g/mol. The summed E-state index contributed by atoms with van der Waals surface area (Å²) < 4.78 is 7.59. The predicted octanol–water partition coefficient (Wildman–Crippen LogP) is 5.10. The maximum absolute atomic E-state index is 13.3. The number of nitrogens with zero attached hydrogens (tertiary/aromatic N) is 1. The Morgan fingerprint density at radius 1 is 1.17 bits per heavy atom. The number of carbonyl (C=O) groups is 2. The van der Waals surface area contributed by atoms with E-state index < -0.39 is 6.04 Å². The van der Waals surface area contributed by atoms with Crippen LogP contribution in [0.2, 0.25) is 0 Å². The summed E-state index contributed by atoms with van der Waals surface area (Å²) in [4.78, 5) is 26.7. The van der Waals surface area contributed by atoms with Crippen LogP contribution in [0.1, 0.15) is 42.9 Å². The molecule has 2 N–H and O–H groups in total. The minimum atomic E-state index is -0.554. The number of ketones is 1. The van der Waals surface area contributed by atoms with E-state index in [2.05, 4.69) is 15.2 Å². The zero-order valence-corrected chi connectivity index (χ0v) is 17.0. The molecule has 0 saturated heterocycles. The fraction of sp³-hybridized carbons (Fsp3) is 0.130. The number of thiophene rings is 1. The topological polar surface area (TPSA) is 76.3 Å². The van der Waals surface area contributed by atoms with Crippen molar-refractivity contribution >= 4 is 34.6 Å². The lowest BCUT2D eigenvalue weighted by Crippen LogP contribution is -2.22. The van der Waals surface area contributed by atoms with Crippen LogP contribution in [0.5, 0.6) is 0 Å². The molecule has 0 spiro atoms. The standard InChI is InChI=1S/C23H19N3O3S/c1-14-18(9-12-30-14)22(28)24-17-6-4-15(5-7-17)21(27)20-19-3-2-10-26(19)13-16-8-11-29-23(16)25-20/h2-12,20,25H,13H2,1H3,(H,24,28). The Balaban J connectivity index is 1.38. The third kappa shape index (κ3) is 3.23. The number of carbonyl (C=O) groups excluding carboxylic acids is 2. The molecule has 0 saturated carbocycles. The molecule has 1 aliphatic heterocycles. The first kappa shape index (κ1) is 18.4. The molecule has 4 heterocycles. The first-order chi connectivity index (χ1) is 14.6. The van der Waals surface area contributed by atoms with Crippen molar-refractivity contribution in [1.29, 1.82) is 0 Å². The Kier molecular flexibility index (Phi) is 4.52. The number of amides is 1. The van der Waals surface area contributed by atoms with Crippen LogP contribution in [0.25, 0.3) is 0 Å².